The van der Waals surface area contributed by atoms with Gasteiger partial charge in [-0.15, -0.1) is 22.6 Å². The van der Waals surface area contributed by atoms with Crippen molar-refractivity contribution < 1.29 is 18.0 Å². The van der Waals surface area contributed by atoms with Crippen LogP contribution in [-0.2, 0) is 6.18 Å². The fraction of sp³-hybridized carbons (Fsp3) is 0.522. The van der Waals surface area contributed by atoms with Crippen molar-refractivity contribution in [3.8, 4) is 0 Å². The molecule has 1 aliphatic carbocycles. The highest BCUT2D eigenvalue weighted by Crippen LogP contribution is 2.35. The van der Waals surface area contributed by atoms with E-state index in [1.165, 1.54) is 31.4 Å². The van der Waals surface area contributed by atoms with Crippen LogP contribution in [0.25, 0.3) is 0 Å². The zero-order chi connectivity index (χ0) is 22.6. The largest absolute Gasteiger partial charge is 0.418 e. The molecule has 0 bridgehead atoms. The van der Waals surface area contributed by atoms with Crippen LogP contribution < -0.4 is 15.5 Å². The second kappa shape index (κ2) is 11.0. The van der Waals surface area contributed by atoms with E-state index in [9.17, 15) is 18.0 Å². The maximum Gasteiger partial charge on any atom is 0.418 e. The number of hydrogen-bond donors (Lipinski definition) is 2. The Hall–Kier alpha value is -2.55. The first-order chi connectivity index (χ1) is 15.4. The second-order valence-electron chi connectivity index (χ2n) is 8.57. The molecule has 6 nitrogen and oxygen atoms in total. The summed E-state index contributed by atoms with van der Waals surface area (Å²) in [6.45, 7) is 1.95. The molecular formula is C23H29ClF3N5O. The van der Waals surface area contributed by atoms with Gasteiger partial charge in [-0.3, -0.25) is 4.79 Å². The third-order valence-corrected chi connectivity index (χ3v) is 6.36. The van der Waals surface area contributed by atoms with Crippen LogP contribution in [0.3, 0.4) is 0 Å². The van der Waals surface area contributed by atoms with Gasteiger partial charge in [0.05, 0.1) is 5.56 Å². The number of hydrogen-bond acceptors (Lipinski definition) is 5. The highest BCUT2D eigenvalue weighted by molar-refractivity contribution is 5.92. The van der Waals surface area contributed by atoms with E-state index in [4.69, 9.17) is 0 Å². The predicted octanol–water partition coefficient (Wildman–Crippen LogP) is 4.92. The number of halogens is 4. The average molecular weight is 484 g/mol. The summed E-state index contributed by atoms with van der Waals surface area (Å²) >= 11 is 0. The van der Waals surface area contributed by atoms with Crippen LogP contribution >= 0.6 is 12.4 Å². The Labute approximate surface area is 197 Å². The number of nitrogens with zero attached hydrogens (tertiary/aromatic N) is 3. The minimum absolute atomic E-state index is 0. The van der Waals surface area contributed by atoms with Crippen molar-refractivity contribution in [3.05, 3.63) is 47.7 Å². The Balaban J connectivity index is 0.00000306. The first-order valence-electron chi connectivity index (χ1n) is 11.2. The van der Waals surface area contributed by atoms with E-state index in [2.05, 4.69) is 20.8 Å². The van der Waals surface area contributed by atoms with Crippen molar-refractivity contribution in [2.75, 3.05) is 29.9 Å². The lowest BCUT2D eigenvalue weighted by atomic mass is 9.83. The molecule has 1 saturated carbocycles. The smallest absolute Gasteiger partial charge is 0.382 e. The van der Waals surface area contributed by atoms with Gasteiger partial charge >= 0.3 is 6.18 Å². The molecule has 2 aliphatic rings. The Bertz CT molecular complexity index is 913. The molecule has 0 radical (unpaired) electrons. The molecule has 1 amide bonds. The Morgan fingerprint density at radius 1 is 1.03 bits per heavy atom. The van der Waals surface area contributed by atoms with Crippen LogP contribution in [-0.4, -0.2) is 41.8 Å². The number of rotatable bonds is 7. The summed E-state index contributed by atoms with van der Waals surface area (Å²) in [6.07, 6.45) is 1.78. The molecule has 2 N–H and O–H groups in total. The van der Waals surface area contributed by atoms with Crippen molar-refractivity contribution >= 4 is 29.8 Å². The van der Waals surface area contributed by atoms with Crippen molar-refractivity contribution in [2.45, 2.75) is 50.7 Å². The van der Waals surface area contributed by atoms with E-state index in [1.54, 1.807) is 18.2 Å². The maximum absolute atomic E-state index is 13.2. The standard InChI is InChI=1S/C23H28F3N5O.ClH/c24-23(25,26)18-6-1-2-7-19(18)28-17-11-14-31(15-12-17)21-9-8-20(29-30-21)22(32)27-13-10-16-4-3-5-16;/h1-2,6-9,16-17,28H,3-5,10-15H2,(H,27,32);1H. The number of piperidine rings is 1. The average Bonchev–Trinajstić information content (AvgIpc) is 2.76. The normalized spacial score (nSPS) is 17.1. The molecule has 1 aliphatic heterocycles. The first kappa shape index (κ1) is 25.1. The second-order valence-corrected chi connectivity index (χ2v) is 8.57. The molecule has 2 fully saturated rings. The van der Waals surface area contributed by atoms with Crippen LogP contribution in [0, 0.1) is 5.92 Å². The van der Waals surface area contributed by atoms with Crippen molar-refractivity contribution in [1.82, 2.24) is 15.5 Å². The highest BCUT2D eigenvalue weighted by Gasteiger charge is 2.34. The minimum atomic E-state index is -4.38. The van der Waals surface area contributed by atoms with E-state index in [0.717, 1.165) is 18.4 Å². The number of carbonyl (C=O) groups excluding carboxylic acids is 1. The van der Waals surface area contributed by atoms with E-state index in [1.807, 2.05) is 4.90 Å². The summed E-state index contributed by atoms with van der Waals surface area (Å²) in [5.74, 6) is 1.20. The highest BCUT2D eigenvalue weighted by atomic mass is 35.5. The number of alkyl halides is 3. The number of benzene rings is 1. The summed E-state index contributed by atoms with van der Waals surface area (Å²) in [6, 6.07) is 8.96. The van der Waals surface area contributed by atoms with Gasteiger partial charge in [0.2, 0.25) is 0 Å². The molecule has 33 heavy (non-hydrogen) atoms. The third-order valence-electron chi connectivity index (χ3n) is 6.36. The molecule has 180 valence electrons. The zero-order valence-electron chi connectivity index (χ0n) is 18.3. The first-order valence-corrected chi connectivity index (χ1v) is 11.2. The summed E-state index contributed by atoms with van der Waals surface area (Å²) in [5, 5.41) is 14.2. The molecule has 1 saturated heterocycles. The molecule has 1 aromatic heterocycles. The summed E-state index contributed by atoms with van der Waals surface area (Å²) < 4.78 is 39.6. The third kappa shape index (κ3) is 6.50. The Morgan fingerprint density at radius 3 is 2.36 bits per heavy atom. The topological polar surface area (TPSA) is 70.2 Å². The van der Waals surface area contributed by atoms with Gasteiger partial charge in [-0.05, 0) is 49.4 Å². The van der Waals surface area contributed by atoms with Crippen LogP contribution in [0.2, 0.25) is 0 Å². The fourth-order valence-electron chi connectivity index (χ4n) is 4.21. The number of nitrogens with one attached hydrogen (secondary N) is 2. The molecule has 0 spiro atoms. The van der Waals surface area contributed by atoms with E-state index >= 15 is 0 Å². The molecular weight excluding hydrogens is 455 g/mol. The van der Waals surface area contributed by atoms with Gasteiger partial charge in [0.25, 0.3) is 5.91 Å². The summed E-state index contributed by atoms with van der Waals surface area (Å²) in [4.78, 5) is 14.3. The number of aromatic nitrogens is 2. The molecule has 10 heteroatoms. The molecule has 0 unspecified atom stereocenters. The lowest BCUT2D eigenvalue weighted by Crippen LogP contribution is -2.40. The molecule has 0 atom stereocenters. The van der Waals surface area contributed by atoms with Gasteiger partial charge in [-0.25, -0.2) is 0 Å². The Kier molecular flexibility index (Phi) is 8.40. The van der Waals surface area contributed by atoms with Gasteiger partial charge < -0.3 is 15.5 Å². The quantitative estimate of drug-likeness (QED) is 0.585. The number of amides is 1. The summed E-state index contributed by atoms with van der Waals surface area (Å²) in [5.41, 5.74) is -0.233. The molecule has 4 rings (SSSR count). The lowest BCUT2D eigenvalue weighted by molar-refractivity contribution is -0.137. The molecule has 2 aromatic rings. The lowest BCUT2D eigenvalue weighted by Gasteiger charge is -2.33. The van der Waals surface area contributed by atoms with Crippen molar-refractivity contribution in [3.63, 3.8) is 0 Å². The minimum Gasteiger partial charge on any atom is -0.382 e. The molecule has 1 aromatic carbocycles. The monoisotopic (exact) mass is 483 g/mol. The maximum atomic E-state index is 13.2. The fourth-order valence-corrected chi connectivity index (χ4v) is 4.21. The van der Waals surface area contributed by atoms with Gasteiger partial charge in [0.15, 0.2) is 11.5 Å². The predicted molar refractivity (Wildman–Crippen MR) is 124 cm³/mol. The Morgan fingerprint density at radius 2 is 1.76 bits per heavy atom. The van der Waals surface area contributed by atoms with E-state index in [-0.39, 0.29) is 30.0 Å². The number of anilines is 2. The van der Waals surface area contributed by atoms with Gasteiger partial charge in [0.1, 0.15) is 0 Å². The van der Waals surface area contributed by atoms with Crippen molar-refractivity contribution in [1.29, 1.82) is 0 Å². The number of carbonyl (C=O) groups is 1. The van der Waals surface area contributed by atoms with Crippen LogP contribution in [0.1, 0.15) is 54.6 Å². The van der Waals surface area contributed by atoms with Crippen molar-refractivity contribution in [2.24, 2.45) is 5.92 Å². The van der Waals surface area contributed by atoms with Gasteiger partial charge in [0, 0.05) is 31.4 Å². The van der Waals surface area contributed by atoms with E-state index in [0.29, 0.717) is 44.0 Å². The molecule has 2 heterocycles. The van der Waals surface area contributed by atoms with Gasteiger partial charge in [-0.2, -0.15) is 13.2 Å². The summed E-state index contributed by atoms with van der Waals surface area (Å²) in [7, 11) is 0. The van der Waals surface area contributed by atoms with E-state index < -0.39 is 11.7 Å². The SMILES string of the molecule is Cl.O=C(NCCC1CCC1)c1ccc(N2CCC(Nc3ccccc3C(F)(F)F)CC2)nn1. The van der Waals surface area contributed by atoms with Crippen LogP contribution in [0.4, 0.5) is 24.7 Å². The zero-order valence-corrected chi connectivity index (χ0v) is 19.1. The van der Waals surface area contributed by atoms with Crippen LogP contribution in [0.5, 0.6) is 0 Å². The van der Waals surface area contributed by atoms with Gasteiger partial charge in [-0.1, -0.05) is 31.4 Å². The number of para-hydroxylation sites is 1. The van der Waals surface area contributed by atoms with Crippen LogP contribution in [0.15, 0.2) is 36.4 Å².